The van der Waals surface area contributed by atoms with Crippen molar-refractivity contribution in [3.05, 3.63) is 70.0 Å². The van der Waals surface area contributed by atoms with Gasteiger partial charge in [0.05, 0.1) is 5.56 Å². The minimum absolute atomic E-state index is 0.0109. The third-order valence-corrected chi connectivity index (χ3v) is 7.72. The number of carbonyl (C=O) groups excluding carboxylic acids is 4. The molecule has 5 rings (SSSR count). The number of hydrogen-bond acceptors (Lipinski definition) is 9. The molecule has 0 saturated heterocycles. The first-order valence-corrected chi connectivity index (χ1v) is 11.9. The molecule has 38 heavy (non-hydrogen) atoms. The highest BCUT2D eigenvalue weighted by Gasteiger charge is 2.60. The number of phenolic OH excluding ortho intramolecular Hbond substituents is 1. The molecule has 1 fully saturated rings. The van der Waals surface area contributed by atoms with Crippen molar-refractivity contribution in [3.63, 3.8) is 0 Å². The topological polar surface area (TPSA) is 184 Å². The molecular weight excluding hydrogens is 494 g/mol. The van der Waals surface area contributed by atoms with Gasteiger partial charge in [-0.25, -0.2) is 0 Å². The average molecular weight is 520 g/mol. The zero-order valence-corrected chi connectivity index (χ0v) is 20.4. The van der Waals surface area contributed by atoms with E-state index < -0.39 is 58.4 Å². The van der Waals surface area contributed by atoms with Crippen molar-refractivity contribution >= 4 is 29.0 Å². The van der Waals surface area contributed by atoms with Crippen molar-refractivity contribution in [1.29, 1.82) is 0 Å². The van der Waals surface area contributed by atoms with Crippen LogP contribution >= 0.6 is 0 Å². The molecule has 0 aliphatic heterocycles. The van der Waals surface area contributed by atoms with E-state index in [0.29, 0.717) is 22.3 Å². The van der Waals surface area contributed by atoms with E-state index in [4.69, 9.17) is 10.5 Å². The quantitative estimate of drug-likeness (QED) is 0.291. The number of methoxy groups -OCH3 is 1. The van der Waals surface area contributed by atoms with Gasteiger partial charge in [-0.05, 0) is 47.6 Å². The molecule has 10 nitrogen and oxygen atoms in total. The number of Topliss-reactive ketones (excluding diaryl/α,β-unsaturated/α-hetero) is 3. The Hall–Kier alpha value is -4.28. The van der Waals surface area contributed by atoms with E-state index in [1.54, 1.807) is 30.3 Å². The standard InChI is InChI=1S/C28H25NO9/c1-38-11-20(32)13-4-2-3-12(7-13)16-5-6-18(30)22-17(16)9-14-8-15-10-19(31)23(27(29)36)26(35)28(15,37)25(34)21(14)24(22)33/h2-7,14-15,30,33,35,37H,8-11H2,1H3,(H2,29,36). The summed E-state index contributed by atoms with van der Waals surface area (Å²) in [6.45, 7) is -0.101. The van der Waals surface area contributed by atoms with Gasteiger partial charge < -0.3 is 30.9 Å². The highest BCUT2D eigenvalue weighted by Crippen LogP contribution is 2.53. The molecule has 3 atom stereocenters. The number of nitrogens with two attached hydrogens (primary N) is 1. The first-order valence-electron chi connectivity index (χ1n) is 11.9. The molecule has 1 saturated carbocycles. The summed E-state index contributed by atoms with van der Waals surface area (Å²) < 4.78 is 4.93. The summed E-state index contributed by atoms with van der Waals surface area (Å²) in [5.41, 5.74) is 3.72. The van der Waals surface area contributed by atoms with E-state index in [1.807, 2.05) is 0 Å². The van der Waals surface area contributed by atoms with Crippen LogP contribution in [0.2, 0.25) is 0 Å². The Bertz CT molecular complexity index is 1500. The van der Waals surface area contributed by atoms with Crippen LogP contribution in [0, 0.1) is 11.8 Å². The third kappa shape index (κ3) is 3.56. The van der Waals surface area contributed by atoms with Crippen molar-refractivity contribution in [2.75, 3.05) is 13.7 Å². The number of aromatic hydroxyl groups is 1. The first kappa shape index (κ1) is 25.4. The molecule has 0 spiro atoms. The first-order chi connectivity index (χ1) is 18.0. The molecule has 0 heterocycles. The Kier molecular flexibility index (Phi) is 5.96. The Morgan fingerprint density at radius 1 is 1.11 bits per heavy atom. The van der Waals surface area contributed by atoms with Gasteiger partial charge in [0.25, 0.3) is 5.91 Å². The van der Waals surface area contributed by atoms with Gasteiger partial charge in [-0.2, -0.15) is 0 Å². The number of hydrogen-bond donors (Lipinski definition) is 5. The molecular formula is C28H25NO9. The number of benzene rings is 2. The SMILES string of the molecule is COCC(=O)c1cccc(-c2ccc(O)c3c2CC2CC4CC(=O)C(C(N)=O)=C(O)C4(O)C(=O)C2=C3O)c1. The largest absolute Gasteiger partial charge is 0.508 e. The number of aliphatic hydroxyl groups is 3. The number of fused-ring (bicyclic) bond motifs is 3. The maximum atomic E-state index is 13.6. The van der Waals surface area contributed by atoms with Gasteiger partial charge in [0.15, 0.2) is 17.2 Å². The number of phenols is 1. The lowest BCUT2D eigenvalue weighted by molar-refractivity contribution is -0.147. The van der Waals surface area contributed by atoms with Gasteiger partial charge in [-0.1, -0.05) is 24.3 Å². The van der Waals surface area contributed by atoms with Crippen LogP contribution in [0.15, 0.2) is 53.3 Å². The second-order valence-electron chi connectivity index (χ2n) is 9.83. The summed E-state index contributed by atoms with van der Waals surface area (Å²) in [7, 11) is 1.42. The van der Waals surface area contributed by atoms with Gasteiger partial charge >= 0.3 is 0 Å². The monoisotopic (exact) mass is 519 g/mol. The minimum Gasteiger partial charge on any atom is -0.508 e. The normalized spacial score (nSPS) is 24.6. The molecule has 6 N–H and O–H groups in total. The number of carbonyl (C=O) groups is 4. The Morgan fingerprint density at radius 3 is 2.53 bits per heavy atom. The lowest BCUT2D eigenvalue weighted by Gasteiger charge is -2.46. The van der Waals surface area contributed by atoms with E-state index in [1.165, 1.54) is 13.2 Å². The van der Waals surface area contributed by atoms with E-state index in [2.05, 4.69) is 0 Å². The highest BCUT2D eigenvalue weighted by molar-refractivity contribution is 6.22. The highest BCUT2D eigenvalue weighted by atomic mass is 16.5. The predicted octanol–water partition coefficient (Wildman–Crippen LogP) is 1.92. The second kappa shape index (κ2) is 8.93. The summed E-state index contributed by atoms with van der Waals surface area (Å²) in [5.74, 6) is -7.02. The van der Waals surface area contributed by atoms with Crippen molar-refractivity contribution in [1.82, 2.24) is 0 Å². The molecule has 10 heteroatoms. The lowest BCUT2D eigenvalue weighted by Crippen LogP contribution is -2.58. The van der Waals surface area contributed by atoms with Gasteiger partial charge in [-0.3, -0.25) is 19.2 Å². The van der Waals surface area contributed by atoms with Crippen molar-refractivity contribution in [3.8, 4) is 16.9 Å². The fraction of sp³-hybridized carbons (Fsp3) is 0.286. The predicted molar refractivity (Wildman–Crippen MR) is 133 cm³/mol. The van der Waals surface area contributed by atoms with Gasteiger partial charge in [0, 0.05) is 30.6 Å². The van der Waals surface area contributed by atoms with Crippen LogP contribution in [-0.2, 0) is 25.5 Å². The molecule has 0 bridgehead atoms. The Morgan fingerprint density at radius 2 is 1.84 bits per heavy atom. The molecule has 0 aromatic heterocycles. The number of rotatable bonds is 5. The van der Waals surface area contributed by atoms with Gasteiger partial charge in [-0.15, -0.1) is 0 Å². The summed E-state index contributed by atoms with van der Waals surface area (Å²) in [5, 5.41) is 43.9. The van der Waals surface area contributed by atoms with Crippen molar-refractivity contribution in [2.45, 2.75) is 24.9 Å². The van der Waals surface area contributed by atoms with Crippen LogP contribution in [0.5, 0.6) is 5.75 Å². The molecule has 0 radical (unpaired) electrons. The minimum atomic E-state index is -2.61. The van der Waals surface area contributed by atoms with Crippen LogP contribution < -0.4 is 5.73 Å². The van der Waals surface area contributed by atoms with E-state index in [0.717, 1.165) is 0 Å². The molecule has 1 amide bonds. The maximum absolute atomic E-state index is 13.6. The molecule has 3 aliphatic carbocycles. The fourth-order valence-electron chi connectivity index (χ4n) is 5.97. The summed E-state index contributed by atoms with van der Waals surface area (Å²) in [6.07, 6.45) is -0.197. The van der Waals surface area contributed by atoms with Crippen LogP contribution in [0.3, 0.4) is 0 Å². The number of aliphatic hydroxyl groups excluding tert-OH is 2. The van der Waals surface area contributed by atoms with Crippen LogP contribution in [0.25, 0.3) is 16.9 Å². The Labute approximate surface area is 216 Å². The van der Waals surface area contributed by atoms with Crippen molar-refractivity contribution in [2.24, 2.45) is 17.6 Å². The van der Waals surface area contributed by atoms with E-state index >= 15 is 0 Å². The number of amides is 1. The summed E-state index contributed by atoms with van der Waals surface area (Å²) >= 11 is 0. The van der Waals surface area contributed by atoms with Gasteiger partial charge in [0.1, 0.15) is 29.4 Å². The number of primary amides is 1. The van der Waals surface area contributed by atoms with Gasteiger partial charge in [0.2, 0.25) is 5.78 Å². The summed E-state index contributed by atoms with van der Waals surface area (Å²) in [6, 6.07) is 9.78. The molecule has 2 aromatic rings. The van der Waals surface area contributed by atoms with Crippen LogP contribution in [0.1, 0.15) is 34.3 Å². The second-order valence-corrected chi connectivity index (χ2v) is 9.83. The molecule has 3 unspecified atom stereocenters. The zero-order chi connectivity index (χ0) is 27.5. The number of ether oxygens (including phenoxy) is 1. The summed E-state index contributed by atoms with van der Waals surface area (Å²) in [4.78, 5) is 50.3. The third-order valence-electron chi connectivity index (χ3n) is 7.72. The van der Waals surface area contributed by atoms with E-state index in [9.17, 15) is 39.6 Å². The fourth-order valence-corrected chi connectivity index (χ4v) is 5.97. The van der Waals surface area contributed by atoms with Crippen LogP contribution in [-0.4, -0.2) is 63.0 Å². The smallest absolute Gasteiger partial charge is 0.255 e. The maximum Gasteiger partial charge on any atom is 0.255 e. The van der Waals surface area contributed by atoms with Crippen LogP contribution in [0.4, 0.5) is 0 Å². The molecule has 2 aromatic carbocycles. The lowest BCUT2D eigenvalue weighted by atomic mass is 9.59. The van der Waals surface area contributed by atoms with Crippen molar-refractivity contribution < 1.29 is 44.3 Å². The Balaban J connectivity index is 1.66. The van der Waals surface area contributed by atoms with E-state index in [-0.39, 0.29) is 42.1 Å². The number of ketones is 3. The molecule has 196 valence electrons. The molecule has 3 aliphatic rings. The zero-order valence-electron chi connectivity index (χ0n) is 20.4. The average Bonchev–Trinajstić information content (AvgIpc) is 2.86.